The summed E-state index contributed by atoms with van der Waals surface area (Å²) in [6.45, 7) is 2.15. The predicted octanol–water partition coefficient (Wildman–Crippen LogP) is 2.69. The molecule has 2 fully saturated rings. The maximum atomic E-state index is 13.1. The van der Waals surface area contributed by atoms with Crippen LogP contribution in [0.25, 0.3) is 0 Å². The largest absolute Gasteiger partial charge is 0.370 e. The Morgan fingerprint density at radius 1 is 1.31 bits per heavy atom. The van der Waals surface area contributed by atoms with E-state index in [1.165, 1.54) is 25.3 Å². The topological polar surface area (TPSA) is 27.0 Å². The van der Waals surface area contributed by atoms with Gasteiger partial charge in [0.05, 0.1) is 5.56 Å². The fraction of sp³-hybridized carbons (Fsp3) is 0.462. The van der Waals surface area contributed by atoms with Crippen LogP contribution in [0.15, 0.2) is 18.2 Å². The zero-order chi connectivity index (χ0) is 11.2. The number of hydrogen-bond acceptors (Lipinski definition) is 2. The van der Waals surface area contributed by atoms with Gasteiger partial charge in [-0.25, -0.2) is 4.39 Å². The quantitative estimate of drug-likeness (QED) is 0.721. The van der Waals surface area contributed by atoms with E-state index in [1.54, 1.807) is 12.1 Å². The van der Waals surface area contributed by atoms with Crippen molar-refractivity contribution in [1.29, 1.82) is 5.26 Å². The summed E-state index contributed by atoms with van der Waals surface area (Å²) < 4.78 is 13.1. The number of hydrogen-bond donors (Lipinski definition) is 0. The number of rotatable bonds is 1. The van der Waals surface area contributed by atoms with Gasteiger partial charge in [-0.3, -0.25) is 0 Å². The van der Waals surface area contributed by atoms with Crippen molar-refractivity contribution in [2.45, 2.75) is 19.3 Å². The molecular weight excluding hydrogens is 203 g/mol. The van der Waals surface area contributed by atoms with Crippen molar-refractivity contribution < 1.29 is 4.39 Å². The summed E-state index contributed by atoms with van der Waals surface area (Å²) in [5.41, 5.74) is 1.68. The molecule has 2 aliphatic rings. The van der Waals surface area contributed by atoms with Crippen LogP contribution in [0.3, 0.4) is 0 Å². The van der Waals surface area contributed by atoms with Gasteiger partial charge in [0.25, 0.3) is 0 Å². The number of anilines is 1. The highest BCUT2D eigenvalue weighted by Crippen LogP contribution is 2.49. The number of nitrogens with zero attached hydrogens (tertiary/aromatic N) is 2. The van der Waals surface area contributed by atoms with E-state index in [2.05, 4.69) is 4.90 Å². The molecule has 1 aromatic carbocycles. The lowest BCUT2D eigenvalue weighted by Gasteiger charge is -2.57. The van der Waals surface area contributed by atoms with Gasteiger partial charge in [-0.15, -0.1) is 0 Å². The fourth-order valence-corrected chi connectivity index (χ4v) is 2.73. The smallest absolute Gasteiger partial charge is 0.141 e. The molecule has 0 amide bonds. The Kier molecular flexibility index (Phi) is 1.94. The molecule has 2 nitrogen and oxygen atoms in total. The van der Waals surface area contributed by atoms with Crippen molar-refractivity contribution >= 4 is 5.69 Å². The van der Waals surface area contributed by atoms with Gasteiger partial charge in [-0.2, -0.15) is 5.26 Å². The van der Waals surface area contributed by atoms with Gasteiger partial charge in [0.1, 0.15) is 11.9 Å². The van der Waals surface area contributed by atoms with Gasteiger partial charge in [-0.05, 0) is 31.0 Å². The molecule has 3 heteroatoms. The highest BCUT2D eigenvalue weighted by atomic mass is 19.1. The summed E-state index contributed by atoms with van der Waals surface area (Å²) in [6.07, 6.45) is 4.01. The van der Waals surface area contributed by atoms with Crippen LogP contribution in [0.5, 0.6) is 0 Å². The monoisotopic (exact) mass is 216 g/mol. The molecule has 0 radical (unpaired) electrons. The van der Waals surface area contributed by atoms with E-state index in [-0.39, 0.29) is 5.56 Å². The van der Waals surface area contributed by atoms with E-state index < -0.39 is 5.82 Å². The highest BCUT2D eigenvalue weighted by molar-refractivity contribution is 5.54. The van der Waals surface area contributed by atoms with E-state index in [4.69, 9.17) is 5.26 Å². The third-order valence-electron chi connectivity index (χ3n) is 3.90. The van der Waals surface area contributed by atoms with Crippen molar-refractivity contribution in [2.24, 2.45) is 5.41 Å². The van der Waals surface area contributed by atoms with Crippen LogP contribution >= 0.6 is 0 Å². The van der Waals surface area contributed by atoms with Gasteiger partial charge in [0.2, 0.25) is 0 Å². The first-order valence-electron chi connectivity index (χ1n) is 5.67. The summed E-state index contributed by atoms with van der Waals surface area (Å²) in [5.74, 6) is -0.426. The lowest BCUT2D eigenvalue weighted by atomic mass is 9.63. The second kappa shape index (κ2) is 3.21. The van der Waals surface area contributed by atoms with Crippen molar-refractivity contribution in [3.63, 3.8) is 0 Å². The number of halogens is 1. The molecule has 3 rings (SSSR count). The third kappa shape index (κ3) is 1.30. The maximum absolute atomic E-state index is 13.1. The fourth-order valence-electron chi connectivity index (χ4n) is 2.73. The third-order valence-corrected chi connectivity index (χ3v) is 3.90. The molecule has 0 bridgehead atoms. The molecule has 16 heavy (non-hydrogen) atoms. The van der Waals surface area contributed by atoms with Crippen LogP contribution in [0, 0.1) is 22.6 Å². The first kappa shape index (κ1) is 9.65. The molecule has 0 aromatic heterocycles. The lowest BCUT2D eigenvalue weighted by Crippen LogP contribution is -2.59. The minimum absolute atomic E-state index is 0.145. The van der Waals surface area contributed by atoms with Crippen LogP contribution in [0.4, 0.5) is 10.1 Å². The van der Waals surface area contributed by atoms with Crippen LogP contribution in [-0.4, -0.2) is 13.1 Å². The summed E-state index contributed by atoms with van der Waals surface area (Å²) in [6, 6.07) is 6.69. The summed E-state index contributed by atoms with van der Waals surface area (Å²) in [4.78, 5) is 2.24. The average molecular weight is 216 g/mol. The van der Waals surface area contributed by atoms with Crippen molar-refractivity contribution in [2.75, 3.05) is 18.0 Å². The van der Waals surface area contributed by atoms with Crippen LogP contribution in [0.2, 0.25) is 0 Å². The minimum atomic E-state index is -0.426. The Morgan fingerprint density at radius 3 is 2.62 bits per heavy atom. The summed E-state index contributed by atoms with van der Waals surface area (Å²) in [7, 11) is 0. The number of benzene rings is 1. The molecule has 1 spiro atoms. The van der Waals surface area contributed by atoms with E-state index in [1.807, 2.05) is 6.07 Å². The van der Waals surface area contributed by atoms with E-state index in [9.17, 15) is 4.39 Å². The van der Waals surface area contributed by atoms with Gasteiger partial charge >= 0.3 is 0 Å². The van der Waals surface area contributed by atoms with E-state index in [0.29, 0.717) is 5.41 Å². The Morgan fingerprint density at radius 2 is 2.06 bits per heavy atom. The molecule has 1 aliphatic carbocycles. The van der Waals surface area contributed by atoms with Crippen LogP contribution in [0.1, 0.15) is 24.8 Å². The van der Waals surface area contributed by atoms with Gasteiger partial charge in [0.15, 0.2) is 0 Å². The van der Waals surface area contributed by atoms with Gasteiger partial charge < -0.3 is 4.90 Å². The van der Waals surface area contributed by atoms with E-state index >= 15 is 0 Å². The summed E-state index contributed by atoms with van der Waals surface area (Å²) in [5, 5.41) is 8.77. The van der Waals surface area contributed by atoms with Crippen molar-refractivity contribution in [1.82, 2.24) is 0 Å². The highest BCUT2D eigenvalue weighted by Gasteiger charge is 2.47. The van der Waals surface area contributed by atoms with Crippen LogP contribution < -0.4 is 4.90 Å². The molecule has 1 saturated carbocycles. The van der Waals surface area contributed by atoms with Gasteiger partial charge in [-0.1, -0.05) is 6.42 Å². The molecular formula is C13H13FN2. The predicted molar refractivity (Wildman–Crippen MR) is 59.6 cm³/mol. The maximum Gasteiger partial charge on any atom is 0.141 e. The average Bonchev–Trinajstić information content (AvgIpc) is 2.16. The Hall–Kier alpha value is -1.56. The minimum Gasteiger partial charge on any atom is -0.370 e. The first-order chi connectivity index (χ1) is 7.72. The Bertz CT molecular complexity index is 463. The van der Waals surface area contributed by atoms with Gasteiger partial charge in [0, 0.05) is 24.2 Å². The zero-order valence-corrected chi connectivity index (χ0v) is 9.04. The molecule has 1 aliphatic heterocycles. The lowest BCUT2D eigenvalue weighted by molar-refractivity contribution is 0.0904. The molecule has 1 saturated heterocycles. The SMILES string of the molecule is N#Cc1cc(N2CC3(CCC3)C2)ccc1F. The number of nitriles is 1. The molecule has 82 valence electrons. The second-order valence-corrected chi connectivity index (χ2v) is 4.99. The molecule has 0 N–H and O–H groups in total. The van der Waals surface area contributed by atoms with E-state index in [0.717, 1.165) is 18.8 Å². The molecule has 0 atom stereocenters. The van der Waals surface area contributed by atoms with Crippen molar-refractivity contribution in [3.05, 3.63) is 29.6 Å². The first-order valence-corrected chi connectivity index (χ1v) is 5.67. The Balaban J connectivity index is 1.79. The normalized spacial score (nSPS) is 21.1. The molecule has 0 unspecified atom stereocenters. The van der Waals surface area contributed by atoms with Crippen LogP contribution in [-0.2, 0) is 0 Å². The van der Waals surface area contributed by atoms with Crippen molar-refractivity contribution in [3.8, 4) is 6.07 Å². The second-order valence-electron chi connectivity index (χ2n) is 4.99. The zero-order valence-electron chi connectivity index (χ0n) is 9.04. The standard InChI is InChI=1S/C13H13FN2/c14-12-3-2-11(6-10(12)7-15)16-8-13(9-16)4-1-5-13/h2-3,6H,1,4-5,8-9H2. The molecule has 1 aromatic rings. The summed E-state index contributed by atoms with van der Waals surface area (Å²) >= 11 is 0. The Labute approximate surface area is 94.3 Å². The molecule has 1 heterocycles.